The number of pyridine rings is 1. The van der Waals surface area contributed by atoms with E-state index in [9.17, 15) is 4.79 Å². The largest absolute Gasteiger partial charge is 0.462 e. The molecular formula is C14H21N3O2. The van der Waals surface area contributed by atoms with Gasteiger partial charge >= 0.3 is 5.97 Å². The van der Waals surface area contributed by atoms with Gasteiger partial charge in [0, 0.05) is 6.04 Å². The van der Waals surface area contributed by atoms with E-state index in [0.29, 0.717) is 24.0 Å². The van der Waals surface area contributed by atoms with E-state index < -0.39 is 0 Å². The van der Waals surface area contributed by atoms with Crippen LogP contribution in [0.5, 0.6) is 0 Å². The van der Waals surface area contributed by atoms with Crippen LogP contribution < -0.4 is 11.1 Å². The second-order valence-corrected chi connectivity index (χ2v) is 4.85. The van der Waals surface area contributed by atoms with Crippen LogP contribution in [-0.2, 0) is 4.74 Å². The maximum Gasteiger partial charge on any atom is 0.340 e. The van der Waals surface area contributed by atoms with Gasteiger partial charge in [-0.2, -0.15) is 0 Å². The molecule has 0 bridgehead atoms. The topological polar surface area (TPSA) is 77.2 Å². The van der Waals surface area contributed by atoms with Crippen LogP contribution in [0, 0.1) is 0 Å². The van der Waals surface area contributed by atoms with E-state index >= 15 is 0 Å². The number of carbonyl (C=O) groups is 1. The summed E-state index contributed by atoms with van der Waals surface area (Å²) in [6.45, 7) is 2.14. The molecule has 5 nitrogen and oxygen atoms in total. The molecule has 0 atom stereocenters. The number of carbonyl (C=O) groups excluding carboxylic acids is 1. The van der Waals surface area contributed by atoms with Crippen molar-refractivity contribution in [2.75, 3.05) is 17.7 Å². The van der Waals surface area contributed by atoms with E-state index in [1.807, 2.05) is 0 Å². The summed E-state index contributed by atoms with van der Waals surface area (Å²) in [5.41, 5.74) is 6.84. The van der Waals surface area contributed by atoms with E-state index in [-0.39, 0.29) is 5.97 Å². The molecular weight excluding hydrogens is 242 g/mol. The zero-order valence-corrected chi connectivity index (χ0v) is 11.3. The fraction of sp³-hybridized carbons (Fsp3) is 0.571. The van der Waals surface area contributed by atoms with E-state index in [1.165, 1.54) is 19.3 Å². The molecule has 1 aliphatic rings. The van der Waals surface area contributed by atoms with Crippen molar-refractivity contribution in [3.63, 3.8) is 0 Å². The van der Waals surface area contributed by atoms with Gasteiger partial charge in [-0.3, -0.25) is 0 Å². The van der Waals surface area contributed by atoms with Crippen molar-refractivity contribution in [2.45, 2.75) is 45.1 Å². The number of esters is 1. The second-order valence-electron chi connectivity index (χ2n) is 4.85. The minimum absolute atomic E-state index is 0.331. The Balaban J connectivity index is 2.15. The van der Waals surface area contributed by atoms with Crippen LogP contribution in [0.1, 0.15) is 49.4 Å². The summed E-state index contributed by atoms with van der Waals surface area (Å²) in [5, 5.41) is 3.40. The molecule has 0 aliphatic heterocycles. The zero-order chi connectivity index (χ0) is 13.7. The summed E-state index contributed by atoms with van der Waals surface area (Å²) in [7, 11) is 0. The molecule has 0 radical (unpaired) electrons. The van der Waals surface area contributed by atoms with Crippen molar-refractivity contribution in [3.8, 4) is 0 Å². The SMILES string of the molecule is CCOC(=O)c1cc(N)ncc1NC1CCCCC1. The van der Waals surface area contributed by atoms with Gasteiger partial charge < -0.3 is 15.8 Å². The van der Waals surface area contributed by atoms with E-state index in [4.69, 9.17) is 10.5 Å². The molecule has 1 aromatic rings. The van der Waals surface area contributed by atoms with Crippen molar-refractivity contribution in [1.29, 1.82) is 0 Å². The molecule has 0 spiro atoms. The average Bonchev–Trinajstić information content (AvgIpc) is 2.42. The van der Waals surface area contributed by atoms with Gasteiger partial charge in [-0.1, -0.05) is 19.3 Å². The van der Waals surface area contributed by atoms with E-state index in [2.05, 4.69) is 10.3 Å². The Morgan fingerprint density at radius 1 is 1.47 bits per heavy atom. The van der Waals surface area contributed by atoms with Crippen LogP contribution in [0.2, 0.25) is 0 Å². The van der Waals surface area contributed by atoms with Gasteiger partial charge in [0.25, 0.3) is 0 Å². The molecule has 0 amide bonds. The summed E-state index contributed by atoms with van der Waals surface area (Å²) in [6.07, 6.45) is 7.64. The zero-order valence-electron chi connectivity index (χ0n) is 11.3. The fourth-order valence-electron chi connectivity index (χ4n) is 2.43. The van der Waals surface area contributed by atoms with Crippen molar-refractivity contribution in [2.24, 2.45) is 0 Å². The van der Waals surface area contributed by atoms with Gasteiger partial charge in [-0.25, -0.2) is 9.78 Å². The molecule has 0 saturated heterocycles. The first kappa shape index (κ1) is 13.6. The smallest absolute Gasteiger partial charge is 0.340 e. The van der Waals surface area contributed by atoms with Crippen LogP contribution in [0.3, 0.4) is 0 Å². The lowest BCUT2D eigenvalue weighted by Gasteiger charge is -2.24. The maximum atomic E-state index is 11.9. The lowest BCUT2D eigenvalue weighted by Crippen LogP contribution is -2.24. The summed E-state index contributed by atoms with van der Waals surface area (Å²) in [6, 6.07) is 1.98. The summed E-state index contributed by atoms with van der Waals surface area (Å²) in [4.78, 5) is 16.0. The Hall–Kier alpha value is -1.78. The number of nitrogens with one attached hydrogen (secondary N) is 1. The number of nitrogens with two attached hydrogens (primary N) is 1. The number of nitrogens with zero attached hydrogens (tertiary/aromatic N) is 1. The molecule has 5 heteroatoms. The third-order valence-electron chi connectivity index (χ3n) is 3.39. The highest BCUT2D eigenvalue weighted by Crippen LogP contribution is 2.24. The van der Waals surface area contributed by atoms with Crippen molar-refractivity contribution < 1.29 is 9.53 Å². The van der Waals surface area contributed by atoms with Crippen LogP contribution in [-0.4, -0.2) is 23.6 Å². The van der Waals surface area contributed by atoms with Gasteiger partial charge in [0.2, 0.25) is 0 Å². The first-order valence-electron chi connectivity index (χ1n) is 6.90. The molecule has 3 N–H and O–H groups in total. The van der Waals surface area contributed by atoms with Gasteiger partial charge in [-0.15, -0.1) is 0 Å². The minimum Gasteiger partial charge on any atom is -0.462 e. The molecule has 1 aliphatic carbocycles. The molecule has 1 heterocycles. The Labute approximate surface area is 113 Å². The van der Waals surface area contributed by atoms with E-state index in [0.717, 1.165) is 18.5 Å². The molecule has 19 heavy (non-hydrogen) atoms. The molecule has 0 aromatic carbocycles. The number of aromatic nitrogens is 1. The Bertz CT molecular complexity index is 442. The monoisotopic (exact) mass is 263 g/mol. The molecule has 2 rings (SSSR count). The number of nitrogen functional groups attached to an aromatic ring is 1. The second kappa shape index (κ2) is 6.41. The third kappa shape index (κ3) is 3.59. The lowest BCUT2D eigenvalue weighted by atomic mass is 9.95. The highest BCUT2D eigenvalue weighted by molar-refractivity contribution is 5.96. The standard InChI is InChI=1S/C14H21N3O2/c1-2-19-14(18)11-8-13(15)16-9-12(11)17-10-6-4-3-5-7-10/h8-10,17H,2-7H2,1H3,(H2,15,16). The van der Waals surface area contributed by atoms with Crippen molar-refractivity contribution in [3.05, 3.63) is 17.8 Å². The number of hydrogen-bond donors (Lipinski definition) is 2. The van der Waals surface area contributed by atoms with Gasteiger partial charge in [0.05, 0.1) is 24.1 Å². The first-order valence-corrected chi connectivity index (χ1v) is 6.90. The summed E-state index contributed by atoms with van der Waals surface area (Å²) >= 11 is 0. The molecule has 104 valence electrons. The normalized spacial score (nSPS) is 16.1. The average molecular weight is 263 g/mol. The maximum absolute atomic E-state index is 11.9. The molecule has 1 saturated carbocycles. The summed E-state index contributed by atoms with van der Waals surface area (Å²) < 4.78 is 5.05. The predicted molar refractivity (Wildman–Crippen MR) is 75.1 cm³/mol. The van der Waals surface area contributed by atoms with Crippen LogP contribution in [0.15, 0.2) is 12.3 Å². The molecule has 0 unspecified atom stereocenters. The van der Waals surface area contributed by atoms with Crippen LogP contribution in [0.4, 0.5) is 11.5 Å². The first-order chi connectivity index (χ1) is 9.20. The molecule has 1 aromatic heterocycles. The number of rotatable bonds is 4. The number of ether oxygens (including phenoxy) is 1. The number of anilines is 2. The predicted octanol–water partition coefficient (Wildman–Crippen LogP) is 2.59. The van der Waals surface area contributed by atoms with Gasteiger partial charge in [0.15, 0.2) is 0 Å². The van der Waals surface area contributed by atoms with Crippen LogP contribution >= 0.6 is 0 Å². The summed E-state index contributed by atoms with van der Waals surface area (Å²) in [5.74, 6) is -0.0212. The van der Waals surface area contributed by atoms with E-state index in [1.54, 1.807) is 19.2 Å². The Kier molecular flexibility index (Phi) is 4.60. The molecule has 1 fully saturated rings. The quantitative estimate of drug-likeness (QED) is 0.816. The minimum atomic E-state index is -0.352. The Morgan fingerprint density at radius 2 is 2.21 bits per heavy atom. The van der Waals surface area contributed by atoms with Gasteiger partial charge in [0.1, 0.15) is 5.82 Å². The lowest BCUT2D eigenvalue weighted by molar-refractivity contribution is 0.0527. The number of hydrogen-bond acceptors (Lipinski definition) is 5. The fourth-order valence-corrected chi connectivity index (χ4v) is 2.43. The van der Waals surface area contributed by atoms with Crippen molar-refractivity contribution in [1.82, 2.24) is 4.98 Å². The van der Waals surface area contributed by atoms with Crippen molar-refractivity contribution >= 4 is 17.5 Å². The van der Waals surface area contributed by atoms with Crippen LogP contribution in [0.25, 0.3) is 0 Å². The highest BCUT2D eigenvalue weighted by Gasteiger charge is 2.18. The van der Waals surface area contributed by atoms with Gasteiger partial charge in [-0.05, 0) is 25.8 Å². The third-order valence-corrected chi connectivity index (χ3v) is 3.39. The highest BCUT2D eigenvalue weighted by atomic mass is 16.5. The Morgan fingerprint density at radius 3 is 2.89 bits per heavy atom.